The summed E-state index contributed by atoms with van der Waals surface area (Å²) in [5.74, 6) is 0. The largest absolute Gasteiger partial charge is 3.00 e. The summed E-state index contributed by atoms with van der Waals surface area (Å²) in [5, 5.41) is 0. The van der Waals surface area contributed by atoms with E-state index in [1.807, 2.05) is 0 Å². The Bertz CT molecular complexity index is 6.00. The van der Waals surface area contributed by atoms with E-state index in [-0.39, 0.29) is 54.2 Å². The maximum atomic E-state index is 0. The average molecular weight is 161 g/mol. The van der Waals surface area contributed by atoms with Gasteiger partial charge in [-0.2, -0.15) is 0 Å². The molecule has 0 aromatic rings. The molecule has 0 fully saturated rings. The molecular formula is LiO2Sb. The van der Waals surface area contributed by atoms with Crippen molar-refractivity contribution in [3.63, 3.8) is 0 Å². The van der Waals surface area contributed by atoms with Gasteiger partial charge in [0, 0.05) is 0 Å². The summed E-state index contributed by atoms with van der Waals surface area (Å²) < 4.78 is 0. The van der Waals surface area contributed by atoms with Crippen molar-refractivity contribution in [1.82, 2.24) is 0 Å². The molecule has 0 unspecified atom stereocenters. The Labute approximate surface area is 54.2 Å². The normalized spacial score (nSPS) is 0. The maximum absolute atomic E-state index is 0. The Balaban J connectivity index is 0. The Hall–Kier alpha value is 1.34. The molecule has 0 aromatic carbocycles. The van der Waals surface area contributed by atoms with E-state index < -0.39 is 0 Å². The first-order valence-electron chi connectivity index (χ1n) is 0. The fourth-order valence-electron chi connectivity index (χ4n) is 0. The minimum absolute atomic E-state index is 0. The summed E-state index contributed by atoms with van der Waals surface area (Å²) in [6, 6.07) is 0. The quantitative estimate of drug-likeness (QED) is 0.329. The summed E-state index contributed by atoms with van der Waals surface area (Å²) in [6.07, 6.45) is 0. The van der Waals surface area contributed by atoms with E-state index in [0.717, 1.165) is 0 Å². The second kappa shape index (κ2) is 27.0. The Kier molecular flexibility index (Phi) is 380. The predicted octanol–water partition coefficient (Wildman–Crippen LogP) is -3.61. The molecule has 0 spiro atoms. The molecule has 0 amide bonds. The molecule has 4 heteroatoms. The zero-order valence-electron chi connectivity index (χ0n) is 2.26. The van der Waals surface area contributed by atoms with Crippen LogP contribution in [-0.4, -0.2) is 24.4 Å². The van der Waals surface area contributed by atoms with Crippen LogP contribution in [0.4, 0.5) is 0 Å². The second-order valence-electron chi connectivity index (χ2n) is 0. The summed E-state index contributed by atoms with van der Waals surface area (Å²) in [4.78, 5) is 0. The summed E-state index contributed by atoms with van der Waals surface area (Å²) in [5.41, 5.74) is 0. The molecule has 0 aliphatic heterocycles. The molecule has 0 N–H and O–H groups in total. The molecule has 4 heavy (non-hydrogen) atoms. The van der Waals surface area contributed by atoms with E-state index in [1.165, 1.54) is 0 Å². The zero-order chi connectivity index (χ0) is 0. The number of hydrogen-bond donors (Lipinski definition) is 0. The number of rotatable bonds is 0. The van der Waals surface area contributed by atoms with Crippen molar-refractivity contribution in [3.8, 4) is 0 Å². The summed E-state index contributed by atoms with van der Waals surface area (Å²) in [6.45, 7) is 0. The van der Waals surface area contributed by atoms with Crippen molar-refractivity contribution < 1.29 is 29.8 Å². The van der Waals surface area contributed by atoms with Gasteiger partial charge < -0.3 is 11.0 Å². The molecule has 0 atom stereocenters. The SMILES string of the molecule is [Li+].[O-2].[O-2].[Sb+3]. The molecule has 0 saturated heterocycles. The van der Waals surface area contributed by atoms with Gasteiger partial charge >= 0.3 is 43.3 Å². The van der Waals surface area contributed by atoms with Gasteiger partial charge in [-0.3, -0.25) is 0 Å². The fourth-order valence-corrected chi connectivity index (χ4v) is 0. The van der Waals surface area contributed by atoms with Gasteiger partial charge in [0.25, 0.3) is 0 Å². The Morgan fingerprint density at radius 1 is 0.750 bits per heavy atom. The van der Waals surface area contributed by atoms with Crippen LogP contribution in [0.15, 0.2) is 0 Å². The molecule has 18 valence electrons. The zero-order valence-corrected chi connectivity index (χ0v) is 4.82. The molecule has 0 saturated carbocycles. The first-order valence-corrected chi connectivity index (χ1v) is 0. The molecular weight excluding hydrogens is 161 g/mol. The van der Waals surface area contributed by atoms with Crippen LogP contribution in [-0.2, 0) is 11.0 Å². The molecule has 0 aliphatic rings. The average Bonchev–Trinajstić information content (AvgIpc) is 0. The Morgan fingerprint density at radius 3 is 0.750 bits per heavy atom. The van der Waals surface area contributed by atoms with Crippen molar-refractivity contribution >= 4 is 24.4 Å². The van der Waals surface area contributed by atoms with Crippen LogP contribution in [0.3, 0.4) is 0 Å². The molecule has 0 rings (SSSR count). The minimum Gasteiger partial charge on any atom is -2.00 e. The molecule has 0 aliphatic carbocycles. The van der Waals surface area contributed by atoms with E-state index in [9.17, 15) is 0 Å². The van der Waals surface area contributed by atoms with Gasteiger partial charge in [0.05, 0.1) is 0 Å². The first-order chi connectivity index (χ1) is 0. The minimum atomic E-state index is 0. The fraction of sp³-hybridized carbons (Fsp3) is 0. The van der Waals surface area contributed by atoms with Crippen molar-refractivity contribution in [2.45, 2.75) is 0 Å². The number of hydrogen-bond acceptors (Lipinski definition) is 0. The van der Waals surface area contributed by atoms with Gasteiger partial charge in [0.2, 0.25) is 0 Å². The van der Waals surface area contributed by atoms with Crippen molar-refractivity contribution in [1.29, 1.82) is 0 Å². The van der Waals surface area contributed by atoms with Gasteiger partial charge in [-0.15, -0.1) is 0 Å². The second-order valence-corrected chi connectivity index (χ2v) is 0. The van der Waals surface area contributed by atoms with Crippen LogP contribution in [0, 0.1) is 0 Å². The molecule has 2 nitrogen and oxygen atoms in total. The van der Waals surface area contributed by atoms with Gasteiger partial charge in [-0.25, -0.2) is 0 Å². The van der Waals surface area contributed by atoms with E-state index in [1.54, 1.807) is 0 Å². The third-order valence-electron chi connectivity index (χ3n) is 0. The van der Waals surface area contributed by atoms with Gasteiger partial charge in [0.1, 0.15) is 0 Å². The van der Waals surface area contributed by atoms with Crippen molar-refractivity contribution in [2.24, 2.45) is 0 Å². The molecule has 2 radical (unpaired) electrons. The van der Waals surface area contributed by atoms with Crippen LogP contribution >= 0.6 is 0 Å². The molecule has 0 bridgehead atoms. The van der Waals surface area contributed by atoms with Crippen LogP contribution in [0.25, 0.3) is 0 Å². The van der Waals surface area contributed by atoms with Crippen LogP contribution in [0.1, 0.15) is 0 Å². The van der Waals surface area contributed by atoms with E-state index in [4.69, 9.17) is 0 Å². The molecule has 0 heterocycles. The van der Waals surface area contributed by atoms with Gasteiger partial charge in [-0.05, 0) is 0 Å². The summed E-state index contributed by atoms with van der Waals surface area (Å²) >= 11 is 0. The monoisotopic (exact) mass is 160 g/mol. The van der Waals surface area contributed by atoms with E-state index in [2.05, 4.69) is 0 Å². The third kappa shape index (κ3) is 10.2. The van der Waals surface area contributed by atoms with Crippen LogP contribution < -0.4 is 18.9 Å². The topological polar surface area (TPSA) is 57.0 Å². The van der Waals surface area contributed by atoms with Crippen LogP contribution in [0.2, 0.25) is 0 Å². The van der Waals surface area contributed by atoms with Crippen molar-refractivity contribution in [2.75, 3.05) is 0 Å². The van der Waals surface area contributed by atoms with Crippen LogP contribution in [0.5, 0.6) is 0 Å². The Morgan fingerprint density at radius 2 is 0.750 bits per heavy atom. The van der Waals surface area contributed by atoms with Gasteiger partial charge in [0.15, 0.2) is 0 Å². The summed E-state index contributed by atoms with van der Waals surface area (Å²) in [7, 11) is 0. The molecule has 0 aromatic heterocycles. The van der Waals surface area contributed by atoms with Crippen molar-refractivity contribution in [3.05, 3.63) is 0 Å². The third-order valence-corrected chi connectivity index (χ3v) is 0. The predicted molar refractivity (Wildman–Crippen MR) is 7.13 cm³/mol. The first kappa shape index (κ1) is 56.2. The maximum Gasteiger partial charge on any atom is 3.00 e. The van der Waals surface area contributed by atoms with Gasteiger partial charge in [-0.1, -0.05) is 0 Å². The standard InChI is InChI=1S/Li.2O.Sb/q+1;2*-2;+3. The smallest absolute Gasteiger partial charge is 2.00 e. The van der Waals surface area contributed by atoms with E-state index >= 15 is 0 Å². The van der Waals surface area contributed by atoms with E-state index in [0.29, 0.717) is 0 Å².